The van der Waals surface area contributed by atoms with Crippen molar-refractivity contribution in [3.05, 3.63) is 17.7 Å². The molecule has 0 amide bonds. The van der Waals surface area contributed by atoms with Gasteiger partial charge >= 0.3 is 0 Å². The predicted molar refractivity (Wildman–Crippen MR) is 60.7 cm³/mol. The molecule has 2 unspecified atom stereocenters. The van der Waals surface area contributed by atoms with Gasteiger partial charge in [0.1, 0.15) is 17.6 Å². The number of ether oxygens (including phenoxy) is 2. The van der Waals surface area contributed by atoms with Crippen molar-refractivity contribution < 1.29 is 19.4 Å². The fourth-order valence-electron chi connectivity index (χ4n) is 2.73. The number of methoxy groups -OCH3 is 1. The number of fused-ring (bicyclic) bond motifs is 3. The number of hydrogen-bond donors (Lipinski definition) is 1. The second-order valence-corrected chi connectivity index (χ2v) is 4.61. The van der Waals surface area contributed by atoms with E-state index in [2.05, 4.69) is 0 Å². The van der Waals surface area contributed by atoms with Crippen LogP contribution >= 0.6 is 0 Å². The highest BCUT2D eigenvalue weighted by atomic mass is 16.5. The molecule has 17 heavy (non-hydrogen) atoms. The third kappa shape index (κ3) is 1.55. The molecule has 1 aromatic carbocycles. The van der Waals surface area contributed by atoms with E-state index >= 15 is 0 Å². The minimum Gasteiger partial charge on any atom is -0.504 e. The van der Waals surface area contributed by atoms with E-state index in [0.29, 0.717) is 18.6 Å². The molecule has 2 atom stereocenters. The number of aromatic hydroxyl groups is 1. The molecule has 0 aromatic heterocycles. The molecular formula is C13H14O4. The average Bonchev–Trinajstić information content (AvgIpc) is 2.64. The second-order valence-electron chi connectivity index (χ2n) is 4.61. The van der Waals surface area contributed by atoms with Gasteiger partial charge in [-0.2, -0.15) is 0 Å². The standard InChI is InChI=1S/C13H14O4/c1-16-13-6-12-9(5-10(13)15)8-3-2-7(14)4-11(8)17-12/h5-6,8,11,15H,2-4H2,1H3. The van der Waals surface area contributed by atoms with Gasteiger partial charge in [0, 0.05) is 30.4 Å². The highest BCUT2D eigenvalue weighted by Crippen LogP contribution is 2.48. The number of Topliss-reactive ketones (excluding diaryl/α,β-unsaturated/α-hetero) is 1. The van der Waals surface area contributed by atoms with Gasteiger partial charge in [-0.05, 0) is 12.5 Å². The van der Waals surface area contributed by atoms with E-state index in [0.717, 1.165) is 17.7 Å². The Morgan fingerprint density at radius 2 is 2.29 bits per heavy atom. The molecule has 0 spiro atoms. The van der Waals surface area contributed by atoms with Crippen molar-refractivity contribution in [2.75, 3.05) is 7.11 Å². The molecule has 3 rings (SSSR count). The Bertz CT molecular complexity index is 481. The highest BCUT2D eigenvalue weighted by molar-refractivity contribution is 5.80. The molecule has 0 radical (unpaired) electrons. The van der Waals surface area contributed by atoms with E-state index < -0.39 is 0 Å². The molecule has 2 aliphatic rings. The Balaban J connectivity index is 2.00. The van der Waals surface area contributed by atoms with Gasteiger partial charge in [0.15, 0.2) is 11.5 Å². The van der Waals surface area contributed by atoms with Crippen LogP contribution in [0.2, 0.25) is 0 Å². The van der Waals surface area contributed by atoms with Crippen LogP contribution in [0, 0.1) is 0 Å². The number of rotatable bonds is 1. The SMILES string of the molecule is COc1cc2c(cc1O)C1CCC(=O)CC1O2. The molecule has 1 saturated carbocycles. The summed E-state index contributed by atoms with van der Waals surface area (Å²) in [6, 6.07) is 3.40. The van der Waals surface area contributed by atoms with Crippen molar-refractivity contribution in [3.8, 4) is 17.2 Å². The highest BCUT2D eigenvalue weighted by Gasteiger charge is 2.39. The van der Waals surface area contributed by atoms with Crippen molar-refractivity contribution in [3.63, 3.8) is 0 Å². The molecule has 1 fully saturated rings. The number of phenols is 1. The fraction of sp³-hybridized carbons (Fsp3) is 0.462. The van der Waals surface area contributed by atoms with E-state index in [-0.39, 0.29) is 23.6 Å². The van der Waals surface area contributed by atoms with Gasteiger partial charge in [0.05, 0.1) is 7.11 Å². The summed E-state index contributed by atoms with van der Waals surface area (Å²) in [6.07, 6.45) is 1.83. The monoisotopic (exact) mass is 234 g/mol. The fourth-order valence-corrected chi connectivity index (χ4v) is 2.73. The summed E-state index contributed by atoms with van der Waals surface area (Å²) in [7, 11) is 1.51. The first-order chi connectivity index (χ1) is 8.19. The van der Waals surface area contributed by atoms with Crippen LogP contribution in [-0.4, -0.2) is 24.1 Å². The molecule has 1 heterocycles. The van der Waals surface area contributed by atoms with Crippen molar-refractivity contribution in [1.29, 1.82) is 0 Å². The van der Waals surface area contributed by atoms with Crippen molar-refractivity contribution in [2.45, 2.75) is 31.3 Å². The summed E-state index contributed by atoms with van der Waals surface area (Å²) in [5.74, 6) is 1.78. The zero-order chi connectivity index (χ0) is 12.0. The van der Waals surface area contributed by atoms with Crippen LogP contribution in [0.15, 0.2) is 12.1 Å². The van der Waals surface area contributed by atoms with Gasteiger partial charge < -0.3 is 14.6 Å². The maximum absolute atomic E-state index is 11.4. The van der Waals surface area contributed by atoms with Gasteiger partial charge in [-0.15, -0.1) is 0 Å². The zero-order valence-corrected chi connectivity index (χ0v) is 9.60. The van der Waals surface area contributed by atoms with Gasteiger partial charge in [-0.1, -0.05) is 0 Å². The molecular weight excluding hydrogens is 220 g/mol. The van der Waals surface area contributed by atoms with E-state index in [4.69, 9.17) is 9.47 Å². The lowest BCUT2D eigenvalue weighted by molar-refractivity contribution is -0.122. The number of ketones is 1. The summed E-state index contributed by atoms with van der Waals surface area (Å²) in [6.45, 7) is 0. The Morgan fingerprint density at radius 1 is 1.47 bits per heavy atom. The summed E-state index contributed by atoms with van der Waals surface area (Å²) in [5, 5.41) is 9.77. The lowest BCUT2D eigenvalue weighted by atomic mass is 9.82. The maximum Gasteiger partial charge on any atom is 0.164 e. The lowest BCUT2D eigenvalue weighted by Gasteiger charge is -2.22. The summed E-state index contributed by atoms with van der Waals surface area (Å²) in [5.41, 5.74) is 1.00. The van der Waals surface area contributed by atoms with Gasteiger partial charge in [-0.25, -0.2) is 0 Å². The van der Waals surface area contributed by atoms with Crippen molar-refractivity contribution in [1.82, 2.24) is 0 Å². The maximum atomic E-state index is 11.4. The van der Waals surface area contributed by atoms with Gasteiger partial charge in [0.2, 0.25) is 0 Å². The second kappa shape index (κ2) is 3.65. The molecule has 4 heteroatoms. The Labute approximate surface area is 99.2 Å². The van der Waals surface area contributed by atoms with Crippen LogP contribution in [0.25, 0.3) is 0 Å². The largest absolute Gasteiger partial charge is 0.504 e. The summed E-state index contributed by atoms with van der Waals surface area (Å²) in [4.78, 5) is 11.4. The van der Waals surface area contributed by atoms with E-state index in [1.165, 1.54) is 7.11 Å². The van der Waals surface area contributed by atoms with Crippen LogP contribution in [0.3, 0.4) is 0 Å². The van der Waals surface area contributed by atoms with Crippen LogP contribution in [0.4, 0.5) is 0 Å². The number of hydrogen-bond acceptors (Lipinski definition) is 4. The molecule has 1 aromatic rings. The first-order valence-electron chi connectivity index (χ1n) is 5.78. The quantitative estimate of drug-likeness (QED) is 0.807. The van der Waals surface area contributed by atoms with Crippen LogP contribution in [-0.2, 0) is 4.79 Å². The smallest absolute Gasteiger partial charge is 0.164 e. The van der Waals surface area contributed by atoms with E-state index in [1.54, 1.807) is 12.1 Å². The van der Waals surface area contributed by atoms with E-state index in [9.17, 15) is 9.90 Å². The average molecular weight is 234 g/mol. The molecule has 0 saturated heterocycles. The molecule has 1 aliphatic heterocycles. The zero-order valence-electron chi connectivity index (χ0n) is 9.60. The Morgan fingerprint density at radius 3 is 3.06 bits per heavy atom. The third-order valence-electron chi connectivity index (χ3n) is 3.60. The lowest BCUT2D eigenvalue weighted by Crippen LogP contribution is -2.27. The first kappa shape index (κ1) is 10.4. The minimum absolute atomic E-state index is 0.0576. The number of phenolic OH excluding ortho intramolecular Hbond substituents is 1. The summed E-state index contributed by atoms with van der Waals surface area (Å²) >= 11 is 0. The topological polar surface area (TPSA) is 55.8 Å². The van der Waals surface area contributed by atoms with Gasteiger partial charge in [-0.3, -0.25) is 4.79 Å². The Kier molecular flexibility index (Phi) is 2.24. The molecule has 1 N–H and O–H groups in total. The van der Waals surface area contributed by atoms with Crippen LogP contribution in [0.1, 0.15) is 30.7 Å². The molecule has 0 bridgehead atoms. The van der Waals surface area contributed by atoms with Gasteiger partial charge in [0.25, 0.3) is 0 Å². The first-order valence-corrected chi connectivity index (χ1v) is 5.78. The molecule has 4 nitrogen and oxygen atoms in total. The van der Waals surface area contributed by atoms with E-state index in [1.807, 2.05) is 0 Å². The van der Waals surface area contributed by atoms with Crippen molar-refractivity contribution >= 4 is 5.78 Å². The summed E-state index contributed by atoms with van der Waals surface area (Å²) < 4.78 is 10.8. The van der Waals surface area contributed by atoms with Crippen LogP contribution in [0.5, 0.6) is 17.2 Å². The van der Waals surface area contributed by atoms with Crippen LogP contribution < -0.4 is 9.47 Å². The number of benzene rings is 1. The normalized spacial score (nSPS) is 26.1. The number of carbonyl (C=O) groups excluding carboxylic acids is 1. The Hall–Kier alpha value is -1.71. The predicted octanol–water partition coefficient (Wildman–Crippen LogP) is 2.00. The minimum atomic E-state index is -0.0576. The van der Waals surface area contributed by atoms with Crippen molar-refractivity contribution in [2.24, 2.45) is 0 Å². The number of carbonyl (C=O) groups is 1. The molecule has 90 valence electrons. The molecule has 1 aliphatic carbocycles. The third-order valence-corrected chi connectivity index (χ3v) is 3.60.